The third kappa shape index (κ3) is 6.90. The number of benzene rings is 1. The zero-order chi connectivity index (χ0) is 23.0. The van der Waals surface area contributed by atoms with E-state index in [9.17, 15) is 25.2 Å². The van der Waals surface area contributed by atoms with Crippen LogP contribution in [0.4, 0.5) is 5.69 Å². The third-order valence-corrected chi connectivity index (χ3v) is 5.54. The van der Waals surface area contributed by atoms with Crippen molar-refractivity contribution in [2.45, 2.75) is 43.5 Å². The van der Waals surface area contributed by atoms with E-state index in [1.54, 1.807) is 0 Å². The summed E-state index contributed by atoms with van der Waals surface area (Å²) < 4.78 is 5.30. The van der Waals surface area contributed by atoms with Crippen molar-refractivity contribution in [1.82, 2.24) is 5.06 Å². The van der Waals surface area contributed by atoms with Crippen LogP contribution in [0.15, 0.2) is 24.3 Å². The van der Waals surface area contributed by atoms with Crippen LogP contribution in [0.1, 0.15) is 12.0 Å². The molecule has 1 heterocycles. The topological polar surface area (TPSA) is 123 Å². The monoisotopic (exact) mass is 480 g/mol. The maximum atomic E-state index is 11.3. The maximum absolute atomic E-state index is 11.3. The summed E-state index contributed by atoms with van der Waals surface area (Å²) in [4.78, 5) is 18.6. The van der Waals surface area contributed by atoms with Crippen molar-refractivity contribution in [3.8, 4) is 0 Å². The van der Waals surface area contributed by atoms with E-state index in [4.69, 9.17) is 32.8 Å². The van der Waals surface area contributed by atoms with Gasteiger partial charge in [-0.2, -0.15) is 5.06 Å². The maximum Gasteiger partial charge on any atom is 0.335 e. The molecule has 31 heavy (non-hydrogen) atoms. The van der Waals surface area contributed by atoms with Crippen LogP contribution >= 0.6 is 23.2 Å². The first-order chi connectivity index (χ1) is 14.8. The van der Waals surface area contributed by atoms with E-state index in [0.29, 0.717) is 44.2 Å². The summed E-state index contributed by atoms with van der Waals surface area (Å²) in [7, 11) is 1.36. The molecule has 1 fully saturated rings. The summed E-state index contributed by atoms with van der Waals surface area (Å²) in [5, 5.41) is 40.5. The van der Waals surface area contributed by atoms with E-state index in [-0.39, 0.29) is 0 Å². The highest BCUT2D eigenvalue weighted by Gasteiger charge is 2.49. The predicted octanol–water partition coefficient (Wildman–Crippen LogP) is 0.659. The highest BCUT2D eigenvalue weighted by atomic mass is 35.5. The second-order valence-electron chi connectivity index (χ2n) is 7.22. The summed E-state index contributed by atoms with van der Waals surface area (Å²) >= 11 is 11.7. The Bertz CT molecular complexity index is 676. The number of nitrogens with zero attached hydrogens (tertiary/aromatic N) is 2. The molecule has 0 amide bonds. The molecule has 0 saturated carbocycles. The Morgan fingerprint density at radius 3 is 2.16 bits per heavy atom. The number of carbonyl (C=O) groups is 1. The lowest BCUT2D eigenvalue weighted by molar-refractivity contribution is -0.321. The molecule has 0 aromatic heterocycles. The van der Waals surface area contributed by atoms with Gasteiger partial charge in [-0.25, -0.2) is 4.79 Å². The van der Waals surface area contributed by atoms with Gasteiger partial charge in [0.15, 0.2) is 12.3 Å². The summed E-state index contributed by atoms with van der Waals surface area (Å²) in [5.74, 6) is -0.415. The van der Waals surface area contributed by atoms with Gasteiger partial charge in [-0.05, 0) is 30.5 Å². The molecular formula is C20H30Cl2N2O7. The number of aryl methyl sites for hydroxylation is 1. The molecule has 0 spiro atoms. The average Bonchev–Trinajstić information content (AvgIpc) is 2.76. The molecule has 9 nitrogen and oxygen atoms in total. The van der Waals surface area contributed by atoms with Crippen LogP contribution in [-0.4, -0.2) is 101 Å². The van der Waals surface area contributed by atoms with E-state index in [0.717, 1.165) is 11.3 Å². The molecule has 1 aromatic carbocycles. The van der Waals surface area contributed by atoms with Gasteiger partial charge in [0.25, 0.3) is 0 Å². The third-order valence-electron chi connectivity index (χ3n) is 5.20. The average molecular weight is 481 g/mol. The lowest BCUT2D eigenvalue weighted by atomic mass is 9.98. The number of hydrogen-bond donors (Lipinski definition) is 4. The minimum Gasteiger partial charge on any atom is -0.479 e. The summed E-state index contributed by atoms with van der Waals surface area (Å²) in [6, 6.07) is 8.03. The van der Waals surface area contributed by atoms with Crippen molar-refractivity contribution in [2.75, 3.05) is 43.4 Å². The molecule has 0 aliphatic carbocycles. The number of aliphatic carboxylic acids is 1. The standard InChI is InChI=1S/C20H30Cl2N2O7/c1-30-24(19-17(27)15(25)16(26)18(31-19)20(28)29)10-2-3-13-4-6-14(7-5-13)23(11-8-21)12-9-22/h4-7,15-19,25-27H,2-3,8-12H2,1H3,(H,28,29)/t15-,16+,17+,18-,19?/m0/s1. The molecule has 1 aliphatic heterocycles. The molecule has 4 N–H and O–H groups in total. The highest BCUT2D eigenvalue weighted by Crippen LogP contribution is 2.24. The van der Waals surface area contributed by atoms with Gasteiger partial charge in [0.05, 0.1) is 7.11 Å². The van der Waals surface area contributed by atoms with Crippen LogP contribution in [-0.2, 0) is 20.8 Å². The second-order valence-corrected chi connectivity index (χ2v) is 7.97. The van der Waals surface area contributed by atoms with Gasteiger partial charge in [0.2, 0.25) is 0 Å². The Labute approximate surface area is 191 Å². The van der Waals surface area contributed by atoms with Gasteiger partial charge >= 0.3 is 5.97 Å². The van der Waals surface area contributed by atoms with Crippen molar-refractivity contribution >= 4 is 34.9 Å². The largest absolute Gasteiger partial charge is 0.479 e. The molecule has 11 heteroatoms. The van der Waals surface area contributed by atoms with Gasteiger partial charge in [0.1, 0.15) is 18.3 Å². The van der Waals surface area contributed by atoms with Gasteiger partial charge in [-0.3, -0.25) is 4.84 Å². The first-order valence-corrected chi connectivity index (χ1v) is 11.1. The second kappa shape index (κ2) is 12.8. The molecule has 1 unspecified atom stereocenters. The molecule has 1 saturated heterocycles. The number of hydroxylamine groups is 2. The molecule has 5 atom stereocenters. The zero-order valence-electron chi connectivity index (χ0n) is 17.3. The van der Waals surface area contributed by atoms with Crippen molar-refractivity contribution in [2.24, 2.45) is 0 Å². The predicted molar refractivity (Wildman–Crippen MR) is 116 cm³/mol. The number of aliphatic hydroxyl groups excluding tert-OH is 3. The molecule has 0 radical (unpaired) electrons. The summed E-state index contributed by atoms with van der Waals surface area (Å²) in [6.45, 7) is 1.72. The SMILES string of the molecule is CON(CCCc1ccc(N(CCCl)CCCl)cc1)C1O[C@H](C(=O)O)[C@H](O)[C@H](O)[C@H]1O. The number of anilines is 1. The highest BCUT2D eigenvalue weighted by molar-refractivity contribution is 6.18. The quantitative estimate of drug-likeness (QED) is 0.252. The van der Waals surface area contributed by atoms with E-state index >= 15 is 0 Å². The Balaban J connectivity index is 1.94. The Kier molecular flexibility index (Phi) is 10.7. The van der Waals surface area contributed by atoms with Crippen molar-refractivity contribution in [3.63, 3.8) is 0 Å². The van der Waals surface area contributed by atoms with Crippen LogP contribution in [0.25, 0.3) is 0 Å². The lowest BCUT2D eigenvalue weighted by Gasteiger charge is -2.42. The van der Waals surface area contributed by atoms with Gasteiger partial charge < -0.3 is 30.1 Å². The van der Waals surface area contributed by atoms with E-state index in [1.807, 2.05) is 24.3 Å². The summed E-state index contributed by atoms with van der Waals surface area (Å²) in [5.41, 5.74) is 2.12. The molecule has 2 rings (SSSR count). The zero-order valence-corrected chi connectivity index (χ0v) is 18.8. The Morgan fingerprint density at radius 2 is 1.65 bits per heavy atom. The Morgan fingerprint density at radius 1 is 1.03 bits per heavy atom. The number of ether oxygens (including phenoxy) is 1. The summed E-state index contributed by atoms with van der Waals surface area (Å²) in [6.07, 6.45) is -6.53. The van der Waals surface area contributed by atoms with Crippen LogP contribution in [0.2, 0.25) is 0 Å². The van der Waals surface area contributed by atoms with E-state index < -0.39 is 36.6 Å². The van der Waals surface area contributed by atoms with Gasteiger partial charge in [-0.15, -0.1) is 23.2 Å². The van der Waals surface area contributed by atoms with Crippen LogP contribution < -0.4 is 4.90 Å². The molecule has 0 bridgehead atoms. The fraction of sp³-hybridized carbons (Fsp3) is 0.650. The minimum atomic E-state index is -1.74. The fourth-order valence-electron chi connectivity index (χ4n) is 3.51. The molecule has 176 valence electrons. The number of halogens is 2. The Hall–Kier alpha value is -1.17. The van der Waals surface area contributed by atoms with Crippen LogP contribution in [0, 0.1) is 0 Å². The van der Waals surface area contributed by atoms with Crippen LogP contribution in [0.3, 0.4) is 0 Å². The number of carboxylic acid groups (broad SMARTS) is 1. The van der Waals surface area contributed by atoms with E-state index in [1.165, 1.54) is 12.2 Å². The van der Waals surface area contributed by atoms with Crippen molar-refractivity contribution < 1.29 is 34.8 Å². The molecule has 1 aliphatic rings. The number of aliphatic hydroxyl groups is 3. The smallest absolute Gasteiger partial charge is 0.335 e. The van der Waals surface area contributed by atoms with Gasteiger partial charge in [-0.1, -0.05) is 12.1 Å². The van der Waals surface area contributed by atoms with E-state index in [2.05, 4.69) is 4.90 Å². The van der Waals surface area contributed by atoms with Crippen molar-refractivity contribution in [1.29, 1.82) is 0 Å². The number of alkyl halides is 2. The number of rotatable bonds is 12. The molecule has 1 aromatic rings. The molecular weight excluding hydrogens is 451 g/mol. The number of carboxylic acids is 1. The first kappa shape index (κ1) is 26.1. The normalized spacial score (nSPS) is 26.2. The van der Waals surface area contributed by atoms with Gasteiger partial charge in [0, 0.05) is 37.1 Å². The number of hydrogen-bond acceptors (Lipinski definition) is 8. The first-order valence-electron chi connectivity index (χ1n) is 10.0. The van der Waals surface area contributed by atoms with Crippen LogP contribution in [0.5, 0.6) is 0 Å². The van der Waals surface area contributed by atoms with Crippen molar-refractivity contribution in [3.05, 3.63) is 29.8 Å². The minimum absolute atomic E-state index is 0.305. The lowest BCUT2D eigenvalue weighted by Crippen LogP contribution is -2.64. The fourth-order valence-corrected chi connectivity index (χ4v) is 3.92.